The van der Waals surface area contributed by atoms with E-state index in [0.717, 1.165) is 24.8 Å². The molecular weight excluding hydrogens is 326 g/mol. The molecule has 4 unspecified atom stereocenters. The summed E-state index contributed by atoms with van der Waals surface area (Å²) in [6.45, 7) is 3.53. The third-order valence-corrected chi connectivity index (χ3v) is 6.41. The maximum atomic E-state index is 12.8. The highest BCUT2D eigenvalue weighted by Crippen LogP contribution is 2.43. The van der Waals surface area contributed by atoms with Crippen molar-refractivity contribution in [2.45, 2.75) is 25.3 Å². The van der Waals surface area contributed by atoms with Crippen molar-refractivity contribution >= 4 is 23.2 Å². The number of rotatable bonds is 3. The number of carbonyl (C=O) groups excluding carboxylic acids is 1. The first-order valence-corrected chi connectivity index (χ1v) is 9.09. The minimum Gasteiger partial charge on any atom is -0.496 e. The van der Waals surface area contributed by atoms with Gasteiger partial charge in [-0.2, -0.15) is 0 Å². The van der Waals surface area contributed by atoms with Gasteiger partial charge in [0.25, 0.3) is 5.91 Å². The SMILES string of the molecule is COc1cc(N)c(Cl)cc1C(=O)N[C@H]1CC2CN3CCC2CC1C3. The number of piperidine rings is 1. The number of anilines is 1. The molecule has 1 aromatic rings. The molecule has 4 heterocycles. The predicted molar refractivity (Wildman–Crippen MR) is 94.4 cm³/mol. The molecule has 0 aromatic heterocycles. The number of ether oxygens (including phenoxy) is 1. The standard InChI is InChI=1S/C18H24ClN3O2/c1-24-17-7-15(20)14(19)6-13(17)18(23)21-16-5-11-8-22-3-2-10(11)4-12(16)9-22/h6-7,10-12,16H,2-5,8-9,20H2,1H3,(H,21,23)/t10?,11?,12?,16-/m0/s1. The molecule has 6 rings (SSSR count). The van der Waals surface area contributed by atoms with Gasteiger partial charge in [0.05, 0.1) is 23.4 Å². The quantitative estimate of drug-likeness (QED) is 0.822. The Labute approximate surface area is 147 Å². The number of benzene rings is 1. The van der Waals surface area contributed by atoms with Crippen LogP contribution < -0.4 is 15.8 Å². The van der Waals surface area contributed by atoms with E-state index in [1.54, 1.807) is 12.1 Å². The summed E-state index contributed by atoms with van der Waals surface area (Å²) in [5, 5.41) is 3.63. The molecule has 4 aliphatic heterocycles. The molecule has 0 radical (unpaired) electrons. The average Bonchev–Trinajstić information content (AvgIpc) is 2.93. The van der Waals surface area contributed by atoms with Gasteiger partial charge in [0.2, 0.25) is 0 Å². The summed E-state index contributed by atoms with van der Waals surface area (Å²) in [6, 6.07) is 3.46. The lowest BCUT2D eigenvalue weighted by Gasteiger charge is -2.39. The van der Waals surface area contributed by atoms with Crippen LogP contribution in [-0.4, -0.2) is 43.6 Å². The van der Waals surface area contributed by atoms with Crippen molar-refractivity contribution in [3.63, 3.8) is 0 Å². The Morgan fingerprint density at radius 3 is 2.88 bits per heavy atom. The van der Waals surface area contributed by atoms with Crippen LogP contribution in [0.5, 0.6) is 5.75 Å². The predicted octanol–water partition coefficient (Wildman–Crippen LogP) is 2.39. The second-order valence-electron chi connectivity index (χ2n) is 7.45. The summed E-state index contributed by atoms with van der Waals surface area (Å²) in [4.78, 5) is 15.4. The van der Waals surface area contributed by atoms with Crippen LogP contribution in [0.2, 0.25) is 5.02 Å². The lowest BCUT2D eigenvalue weighted by molar-refractivity contribution is 0.0860. The van der Waals surface area contributed by atoms with E-state index >= 15 is 0 Å². The summed E-state index contributed by atoms with van der Waals surface area (Å²) < 4.78 is 5.31. The highest BCUT2D eigenvalue weighted by atomic mass is 35.5. The minimum atomic E-state index is -0.117. The Bertz CT molecular complexity index is 664. The van der Waals surface area contributed by atoms with Gasteiger partial charge in [0, 0.05) is 25.2 Å². The largest absolute Gasteiger partial charge is 0.496 e. The Morgan fingerprint density at radius 2 is 2.08 bits per heavy atom. The minimum absolute atomic E-state index is 0.117. The molecule has 4 saturated heterocycles. The number of nitrogens with one attached hydrogen (secondary N) is 1. The van der Waals surface area contributed by atoms with Crippen molar-refractivity contribution in [1.29, 1.82) is 0 Å². The maximum absolute atomic E-state index is 12.8. The monoisotopic (exact) mass is 349 g/mol. The molecule has 1 amide bonds. The smallest absolute Gasteiger partial charge is 0.255 e. The van der Waals surface area contributed by atoms with E-state index < -0.39 is 0 Å². The molecule has 6 heteroatoms. The summed E-state index contributed by atoms with van der Waals surface area (Å²) in [6.07, 6.45) is 3.65. The molecule has 4 bridgehead atoms. The van der Waals surface area contributed by atoms with Crippen molar-refractivity contribution in [2.24, 2.45) is 17.8 Å². The van der Waals surface area contributed by atoms with E-state index in [2.05, 4.69) is 10.2 Å². The number of methoxy groups -OCH3 is 1. The van der Waals surface area contributed by atoms with Crippen molar-refractivity contribution in [2.75, 3.05) is 32.5 Å². The fourth-order valence-electron chi connectivity index (χ4n) is 4.84. The van der Waals surface area contributed by atoms with E-state index in [9.17, 15) is 4.79 Å². The Balaban J connectivity index is 1.54. The molecular formula is C18H24ClN3O2. The van der Waals surface area contributed by atoms with E-state index in [4.69, 9.17) is 22.1 Å². The number of fused-ring (bicyclic) bond motifs is 2. The molecule has 130 valence electrons. The van der Waals surface area contributed by atoms with E-state index in [-0.39, 0.29) is 11.9 Å². The van der Waals surface area contributed by atoms with Gasteiger partial charge < -0.3 is 20.7 Å². The fourth-order valence-corrected chi connectivity index (χ4v) is 5.01. The molecule has 1 aliphatic carbocycles. The second-order valence-corrected chi connectivity index (χ2v) is 7.86. The highest BCUT2D eigenvalue weighted by Gasteiger charge is 2.45. The normalized spacial score (nSPS) is 34.0. The van der Waals surface area contributed by atoms with E-state index in [1.165, 1.54) is 33.0 Å². The number of halogens is 1. The van der Waals surface area contributed by atoms with Gasteiger partial charge in [-0.3, -0.25) is 4.79 Å². The second kappa shape index (κ2) is 6.12. The van der Waals surface area contributed by atoms with E-state index in [0.29, 0.717) is 27.9 Å². The first kappa shape index (κ1) is 16.0. The van der Waals surface area contributed by atoms with Gasteiger partial charge in [-0.05, 0) is 49.6 Å². The molecule has 1 aromatic carbocycles. The molecule has 1 saturated carbocycles. The van der Waals surface area contributed by atoms with Crippen LogP contribution in [0.1, 0.15) is 29.6 Å². The lowest BCUT2D eigenvalue weighted by Crippen LogP contribution is -2.46. The van der Waals surface area contributed by atoms with Crippen LogP contribution in [0.25, 0.3) is 0 Å². The zero-order chi connectivity index (χ0) is 16.8. The zero-order valence-corrected chi connectivity index (χ0v) is 14.7. The summed E-state index contributed by atoms with van der Waals surface area (Å²) in [7, 11) is 1.54. The Morgan fingerprint density at radius 1 is 1.29 bits per heavy atom. The number of nitrogens with two attached hydrogens (primary N) is 1. The Hall–Kier alpha value is -1.46. The maximum Gasteiger partial charge on any atom is 0.255 e. The fraction of sp³-hybridized carbons (Fsp3) is 0.611. The van der Waals surface area contributed by atoms with Crippen LogP contribution in [0, 0.1) is 17.8 Å². The number of nitrogens with zero attached hydrogens (tertiary/aromatic N) is 1. The van der Waals surface area contributed by atoms with Gasteiger partial charge in [0.1, 0.15) is 5.75 Å². The van der Waals surface area contributed by atoms with Crippen LogP contribution in [0.15, 0.2) is 12.1 Å². The number of nitrogen functional groups attached to an aromatic ring is 1. The van der Waals surface area contributed by atoms with Crippen LogP contribution in [0.4, 0.5) is 5.69 Å². The first-order valence-electron chi connectivity index (χ1n) is 8.71. The van der Waals surface area contributed by atoms with Crippen LogP contribution >= 0.6 is 11.6 Å². The molecule has 3 N–H and O–H groups in total. The molecule has 5 fully saturated rings. The molecule has 5 atom stereocenters. The third-order valence-electron chi connectivity index (χ3n) is 6.08. The third kappa shape index (κ3) is 2.74. The van der Waals surface area contributed by atoms with Crippen molar-refractivity contribution in [1.82, 2.24) is 10.2 Å². The average molecular weight is 350 g/mol. The summed E-state index contributed by atoms with van der Waals surface area (Å²) in [5.74, 6) is 2.48. The first-order chi connectivity index (χ1) is 11.5. The molecule has 5 aliphatic rings. The number of carbonyl (C=O) groups is 1. The Kier molecular flexibility index (Phi) is 4.09. The van der Waals surface area contributed by atoms with Gasteiger partial charge >= 0.3 is 0 Å². The topological polar surface area (TPSA) is 67.6 Å². The van der Waals surface area contributed by atoms with Crippen molar-refractivity contribution in [3.8, 4) is 5.75 Å². The number of amides is 1. The van der Waals surface area contributed by atoms with E-state index in [1.807, 2.05) is 0 Å². The number of hydrogen-bond donors (Lipinski definition) is 2. The van der Waals surface area contributed by atoms with Gasteiger partial charge in [-0.15, -0.1) is 0 Å². The molecule has 0 spiro atoms. The molecule has 5 nitrogen and oxygen atoms in total. The van der Waals surface area contributed by atoms with Crippen LogP contribution in [-0.2, 0) is 0 Å². The highest BCUT2D eigenvalue weighted by molar-refractivity contribution is 6.33. The van der Waals surface area contributed by atoms with Gasteiger partial charge in [0.15, 0.2) is 0 Å². The van der Waals surface area contributed by atoms with Gasteiger partial charge in [-0.25, -0.2) is 0 Å². The summed E-state index contributed by atoms with van der Waals surface area (Å²) >= 11 is 6.10. The van der Waals surface area contributed by atoms with Crippen molar-refractivity contribution in [3.05, 3.63) is 22.7 Å². The van der Waals surface area contributed by atoms with Crippen LogP contribution in [0.3, 0.4) is 0 Å². The summed E-state index contributed by atoms with van der Waals surface area (Å²) in [5.41, 5.74) is 6.69. The zero-order valence-electron chi connectivity index (χ0n) is 13.9. The molecule has 24 heavy (non-hydrogen) atoms. The lowest BCUT2D eigenvalue weighted by atomic mass is 9.71. The van der Waals surface area contributed by atoms with Gasteiger partial charge in [-0.1, -0.05) is 11.6 Å². The van der Waals surface area contributed by atoms with Crippen molar-refractivity contribution < 1.29 is 9.53 Å². The number of hydrogen-bond acceptors (Lipinski definition) is 4.